The maximum Gasteiger partial charge on any atom is 0.235 e. The summed E-state index contributed by atoms with van der Waals surface area (Å²) in [5.74, 6) is 2.09. The minimum Gasteiger partial charge on any atom is -0.342 e. The molecule has 0 bridgehead atoms. The molecule has 0 aromatic carbocycles. The van der Waals surface area contributed by atoms with Crippen LogP contribution in [-0.4, -0.2) is 11.9 Å². The van der Waals surface area contributed by atoms with Crippen molar-refractivity contribution in [2.75, 3.05) is 0 Å². The Kier molecular flexibility index (Phi) is 4.60. The van der Waals surface area contributed by atoms with Crippen molar-refractivity contribution in [1.29, 1.82) is 5.26 Å². The predicted molar refractivity (Wildman–Crippen MR) is 41.3 cm³/mol. The molecule has 0 aliphatic heterocycles. The molecule has 0 aromatic rings. The molecular weight excluding hydrogens is 140 g/mol. The van der Waals surface area contributed by atoms with E-state index in [9.17, 15) is 4.79 Å². The highest BCUT2D eigenvalue weighted by molar-refractivity contribution is 5.78. The zero-order valence-corrected chi connectivity index (χ0v) is 6.42. The Morgan fingerprint density at radius 1 is 1.82 bits per heavy atom. The van der Waals surface area contributed by atoms with E-state index in [1.165, 1.54) is 0 Å². The smallest absolute Gasteiger partial charge is 0.235 e. The lowest BCUT2D eigenvalue weighted by Gasteiger charge is -2.07. The van der Waals surface area contributed by atoms with E-state index < -0.39 is 0 Å². The van der Waals surface area contributed by atoms with Gasteiger partial charge in [-0.25, -0.2) is 0 Å². The van der Waals surface area contributed by atoms with E-state index in [0.717, 1.165) is 0 Å². The first-order valence-electron chi connectivity index (χ1n) is 3.37. The van der Waals surface area contributed by atoms with Crippen molar-refractivity contribution in [2.45, 2.75) is 25.8 Å². The zero-order chi connectivity index (χ0) is 8.69. The van der Waals surface area contributed by atoms with Crippen LogP contribution in [0.1, 0.15) is 19.8 Å². The molecule has 58 valence electrons. The molecule has 11 heavy (non-hydrogen) atoms. The summed E-state index contributed by atoms with van der Waals surface area (Å²) in [5, 5.41) is 10.7. The van der Waals surface area contributed by atoms with E-state index in [4.69, 9.17) is 11.7 Å². The lowest BCUT2D eigenvalue weighted by atomic mass is 10.2. The molecule has 0 radical (unpaired) electrons. The standard InChI is InChI=1S/C8H10N2O/c1-3-7(4-2)10-8(11)5-6-9/h1,7H,4-5H2,2H3,(H,10,11). The highest BCUT2D eigenvalue weighted by Gasteiger charge is 2.05. The van der Waals surface area contributed by atoms with Crippen molar-refractivity contribution >= 4 is 5.91 Å². The van der Waals surface area contributed by atoms with E-state index >= 15 is 0 Å². The normalized spacial score (nSPS) is 10.8. The molecule has 1 unspecified atom stereocenters. The molecule has 1 amide bonds. The van der Waals surface area contributed by atoms with Crippen LogP contribution in [-0.2, 0) is 4.79 Å². The minimum atomic E-state index is -0.308. The number of carbonyl (C=O) groups excluding carboxylic acids is 1. The van der Waals surface area contributed by atoms with E-state index in [1.807, 2.05) is 6.92 Å². The average Bonchev–Trinajstić information content (AvgIpc) is 2.01. The van der Waals surface area contributed by atoms with Crippen molar-refractivity contribution < 1.29 is 4.79 Å². The number of amides is 1. The van der Waals surface area contributed by atoms with Crippen LogP contribution in [0.15, 0.2) is 0 Å². The van der Waals surface area contributed by atoms with Crippen molar-refractivity contribution in [3.8, 4) is 18.4 Å². The Balaban J connectivity index is 3.76. The van der Waals surface area contributed by atoms with E-state index in [-0.39, 0.29) is 18.4 Å². The third-order valence-corrected chi connectivity index (χ3v) is 1.18. The van der Waals surface area contributed by atoms with Crippen molar-refractivity contribution in [2.24, 2.45) is 0 Å². The van der Waals surface area contributed by atoms with Gasteiger partial charge in [-0.1, -0.05) is 12.8 Å². The van der Waals surface area contributed by atoms with Crippen LogP contribution in [0.5, 0.6) is 0 Å². The summed E-state index contributed by atoms with van der Waals surface area (Å²) in [6.07, 6.45) is 5.64. The molecule has 3 heteroatoms. The highest BCUT2D eigenvalue weighted by Crippen LogP contribution is 1.88. The molecule has 1 N–H and O–H groups in total. The van der Waals surface area contributed by atoms with Crippen molar-refractivity contribution in [3.05, 3.63) is 0 Å². The lowest BCUT2D eigenvalue weighted by molar-refractivity contribution is -0.120. The Labute approximate surface area is 66.4 Å². The average molecular weight is 150 g/mol. The number of rotatable bonds is 3. The first-order chi connectivity index (χ1) is 5.24. The Morgan fingerprint density at radius 3 is 2.82 bits per heavy atom. The second kappa shape index (κ2) is 5.32. The number of nitrogens with one attached hydrogen (secondary N) is 1. The fraction of sp³-hybridized carbons (Fsp3) is 0.500. The highest BCUT2D eigenvalue weighted by atomic mass is 16.1. The molecular formula is C8H10N2O. The SMILES string of the molecule is C#CC(CC)NC(=O)CC#N. The predicted octanol–water partition coefficient (Wildman–Crippen LogP) is 0.428. The summed E-state index contributed by atoms with van der Waals surface area (Å²) in [7, 11) is 0. The van der Waals surface area contributed by atoms with E-state index in [1.54, 1.807) is 6.07 Å². The summed E-state index contributed by atoms with van der Waals surface area (Å²) in [6, 6.07) is 1.50. The molecule has 0 saturated heterocycles. The van der Waals surface area contributed by atoms with Gasteiger partial charge in [-0.3, -0.25) is 4.79 Å². The van der Waals surface area contributed by atoms with Crippen LogP contribution in [0.25, 0.3) is 0 Å². The molecule has 0 heterocycles. The number of carbonyl (C=O) groups is 1. The third kappa shape index (κ3) is 4.00. The summed E-state index contributed by atoms with van der Waals surface area (Å²) < 4.78 is 0. The van der Waals surface area contributed by atoms with Gasteiger partial charge >= 0.3 is 0 Å². The molecule has 0 aliphatic rings. The van der Waals surface area contributed by atoms with Gasteiger partial charge in [-0.2, -0.15) is 5.26 Å². The van der Waals surface area contributed by atoms with Gasteiger partial charge in [-0.15, -0.1) is 6.42 Å². The van der Waals surface area contributed by atoms with Crippen LogP contribution in [0.2, 0.25) is 0 Å². The maximum absolute atomic E-state index is 10.7. The molecule has 1 atom stereocenters. The molecule has 0 spiro atoms. The van der Waals surface area contributed by atoms with Gasteiger partial charge in [0.15, 0.2) is 0 Å². The Bertz CT molecular complexity index is 209. The molecule has 3 nitrogen and oxygen atoms in total. The summed E-state index contributed by atoms with van der Waals surface area (Å²) in [5.41, 5.74) is 0. The number of hydrogen-bond donors (Lipinski definition) is 1. The number of terminal acetylenes is 1. The maximum atomic E-state index is 10.7. The molecule has 0 aromatic heterocycles. The second-order valence-electron chi connectivity index (χ2n) is 2.03. The van der Waals surface area contributed by atoms with Crippen LogP contribution in [0, 0.1) is 23.7 Å². The molecule has 0 saturated carbocycles. The fourth-order valence-corrected chi connectivity index (χ4v) is 0.579. The number of nitrogens with zero attached hydrogens (tertiary/aromatic N) is 1. The first kappa shape index (κ1) is 9.52. The van der Waals surface area contributed by atoms with Gasteiger partial charge in [-0.05, 0) is 6.42 Å². The Hall–Kier alpha value is -1.48. The van der Waals surface area contributed by atoms with E-state index in [2.05, 4.69) is 11.2 Å². The molecule has 0 aliphatic carbocycles. The van der Waals surface area contributed by atoms with Gasteiger partial charge in [0.2, 0.25) is 5.91 Å². The fourth-order valence-electron chi connectivity index (χ4n) is 0.579. The lowest BCUT2D eigenvalue weighted by Crippen LogP contribution is -2.32. The van der Waals surface area contributed by atoms with Gasteiger partial charge in [0.25, 0.3) is 0 Å². The monoisotopic (exact) mass is 150 g/mol. The topological polar surface area (TPSA) is 52.9 Å². The Morgan fingerprint density at radius 2 is 2.45 bits per heavy atom. The van der Waals surface area contributed by atoms with Gasteiger partial charge in [0.1, 0.15) is 6.42 Å². The number of hydrogen-bond acceptors (Lipinski definition) is 2. The van der Waals surface area contributed by atoms with Crippen LogP contribution < -0.4 is 5.32 Å². The largest absolute Gasteiger partial charge is 0.342 e. The van der Waals surface area contributed by atoms with Crippen molar-refractivity contribution in [1.82, 2.24) is 5.32 Å². The minimum absolute atomic E-state index is 0.127. The van der Waals surface area contributed by atoms with Crippen LogP contribution >= 0.6 is 0 Å². The second-order valence-corrected chi connectivity index (χ2v) is 2.03. The third-order valence-electron chi connectivity index (χ3n) is 1.18. The van der Waals surface area contributed by atoms with Gasteiger partial charge in [0.05, 0.1) is 12.1 Å². The van der Waals surface area contributed by atoms with Gasteiger partial charge < -0.3 is 5.32 Å². The van der Waals surface area contributed by atoms with Crippen LogP contribution in [0.3, 0.4) is 0 Å². The first-order valence-corrected chi connectivity index (χ1v) is 3.37. The summed E-state index contributed by atoms with van der Waals surface area (Å²) in [6.45, 7) is 1.87. The molecule has 0 fully saturated rings. The zero-order valence-electron chi connectivity index (χ0n) is 6.42. The van der Waals surface area contributed by atoms with E-state index in [0.29, 0.717) is 6.42 Å². The van der Waals surface area contributed by atoms with Crippen molar-refractivity contribution in [3.63, 3.8) is 0 Å². The summed E-state index contributed by atoms with van der Waals surface area (Å²) >= 11 is 0. The van der Waals surface area contributed by atoms with Gasteiger partial charge in [0, 0.05) is 0 Å². The quantitative estimate of drug-likeness (QED) is 0.593. The summed E-state index contributed by atoms with van der Waals surface area (Å²) in [4.78, 5) is 10.7. The molecule has 0 rings (SSSR count). The van der Waals surface area contributed by atoms with Crippen LogP contribution in [0.4, 0.5) is 0 Å². The number of nitriles is 1.